The molecular formula is C12H14ClFO3S. The lowest BCUT2D eigenvalue weighted by Crippen LogP contribution is -2.09. The molecule has 0 spiro atoms. The van der Waals surface area contributed by atoms with E-state index in [-0.39, 0.29) is 10.8 Å². The molecule has 0 amide bonds. The van der Waals surface area contributed by atoms with Gasteiger partial charge in [0.05, 0.1) is 6.61 Å². The molecule has 1 aromatic rings. The van der Waals surface area contributed by atoms with Crippen LogP contribution in [0.5, 0.6) is 5.75 Å². The Balaban J connectivity index is 2.16. The van der Waals surface area contributed by atoms with Crippen LogP contribution in [0.1, 0.15) is 25.7 Å². The van der Waals surface area contributed by atoms with Gasteiger partial charge in [-0.15, -0.1) is 3.89 Å². The Hall–Kier alpha value is -0.810. The van der Waals surface area contributed by atoms with Crippen LogP contribution in [0.2, 0.25) is 5.02 Å². The molecule has 0 aliphatic heterocycles. The Morgan fingerprint density at radius 2 is 2.00 bits per heavy atom. The maximum Gasteiger partial charge on any atom is 0.335 e. The first kappa shape index (κ1) is 13.6. The molecule has 0 unspecified atom stereocenters. The maximum atomic E-state index is 13.1. The first-order valence-electron chi connectivity index (χ1n) is 5.84. The van der Waals surface area contributed by atoms with E-state index < -0.39 is 15.1 Å². The summed E-state index contributed by atoms with van der Waals surface area (Å²) < 4.78 is 40.5. The van der Waals surface area contributed by atoms with E-state index in [4.69, 9.17) is 16.3 Å². The zero-order valence-corrected chi connectivity index (χ0v) is 11.3. The van der Waals surface area contributed by atoms with E-state index in [0.717, 1.165) is 18.9 Å². The summed E-state index contributed by atoms with van der Waals surface area (Å²) in [5.41, 5.74) is 0. The molecule has 0 aromatic heterocycles. The van der Waals surface area contributed by atoms with Crippen molar-refractivity contribution < 1.29 is 17.0 Å². The van der Waals surface area contributed by atoms with Crippen molar-refractivity contribution in [3.05, 3.63) is 23.2 Å². The molecule has 1 fully saturated rings. The molecule has 1 aliphatic carbocycles. The van der Waals surface area contributed by atoms with Gasteiger partial charge < -0.3 is 4.74 Å². The number of ether oxygens (including phenoxy) is 1. The number of rotatable bonds is 4. The fourth-order valence-electron chi connectivity index (χ4n) is 2.18. The molecule has 1 saturated carbocycles. The van der Waals surface area contributed by atoms with Crippen molar-refractivity contribution in [1.29, 1.82) is 0 Å². The molecule has 0 atom stereocenters. The lowest BCUT2D eigenvalue weighted by molar-refractivity contribution is 0.246. The Morgan fingerprint density at radius 3 is 2.61 bits per heavy atom. The van der Waals surface area contributed by atoms with Crippen LogP contribution in [0.4, 0.5) is 3.89 Å². The highest BCUT2D eigenvalue weighted by Crippen LogP contribution is 2.31. The minimum atomic E-state index is -4.81. The molecule has 3 nitrogen and oxygen atoms in total. The molecule has 100 valence electrons. The average Bonchev–Trinajstić information content (AvgIpc) is 2.79. The summed E-state index contributed by atoms with van der Waals surface area (Å²) in [6, 6.07) is 3.95. The summed E-state index contributed by atoms with van der Waals surface area (Å²) in [5.74, 6) is 0.463. The van der Waals surface area contributed by atoms with Crippen LogP contribution in [-0.4, -0.2) is 15.0 Å². The van der Waals surface area contributed by atoms with Crippen molar-refractivity contribution in [1.82, 2.24) is 0 Å². The predicted molar refractivity (Wildman–Crippen MR) is 67.2 cm³/mol. The smallest absolute Gasteiger partial charge is 0.335 e. The highest BCUT2D eigenvalue weighted by molar-refractivity contribution is 7.86. The maximum absolute atomic E-state index is 13.1. The summed E-state index contributed by atoms with van der Waals surface area (Å²) in [6.45, 7) is 0.421. The molecule has 0 heterocycles. The third-order valence-electron chi connectivity index (χ3n) is 3.12. The Labute approximate surface area is 111 Å². The van der Waals surface area contributed by atoms with Crippen LogP contribution in [0, 0.1) is 5.92 Å². The predicted octanol–water partition coefficient (Wildman–Crippen LogP) is 3.57. The van der Waals surface area contributed by atoms with E-state index in [1.54, 1.807) is 0 Å². The van der Waals surface area contributed by atoms with Gasteiger partial charge in [-0.25, -0.2) is 0 Å². The van der Waals surface area contributed by atoms with Crippen LogP contribution in [0.25, 0.3) is 0 Å². The SMILES string of the molecule is O=S(=O)(F)c1cc(Cl)ccc1OCC1CCCC1. The molecule has 0 saturated heterocycles. The van der Waals surface area contributed by atoms with Crippen LogP contribution in [-0.2, 0) is 10.2 Å². The van der Waals surface area contributed by atoms with E-state index in [0.29, 0.717) is 12.5 Å². The number of benzene rings is 1. The first-order chi connectivity index (χ1) is 8.47. The normalized spacial score (nSPS) is 17.0. The monoisotopic (exact) mass is 292 g/mol. The van der Waals surface area contributed by atoms with Gasteiger partial charge in [0, 0.05) is 5.02 Å². The van der Waals surface area contributed by atoms with Gasteiger partial charge in [-0.3, -0.25) is 0 Å². The van der Waals surface area contributed by atoms with Gasteiger partial charge >= 0.3 is 10.2 Å². The van der Waals surface area contributed by atoms with Gasteiger partial charge in [-0.2, -0.15) is 8.42 Å². The third-order valence-corrected chi connectivity index (χ3v) is 4.20. The van der Waals surface area contributed by atoms with Crippen molar-refractivity contribution >= 4 is 21.8 Å². The van der Waals surface area contributed by atoms with E-state index in [1.165, 1.54) is 25.0 Å². The molecule has 0 bridgehead atoms. The summed E-state index contributed by atoms with van der Waals surface area (Å²) in [4.78, 5) is -0.493. The summed E-state index contributed by atoms with van der Waals surface area (Å²) >= 11 is 5.66. The lowest BCUT2D eigenvalue weighted by Gasteiger charge is -2.13. The molecular weight excluding hydrogens is 279 g/mol. The zero-order chi connectivity index (χ0) is 13.2. The number of hydrogen-bond acceptors (Lipinski definition) is 3. The van der Waals surface area contributed by atoms with E-state index in [2.05, 4.69) is 0 Å². The Kier molecular flexibility index (Phi) is 4.12. The second-order valence-electron chi connectivity index (χ2n) is 4.49. The molecule has 1 aromatic carbocycles. The van der Waals surface area contributed by atoms with Gasteiger partial charge in [-0.05, 0) is 37.0 Å². The van der Waals surface area contributed by atoms with Crippen LogP contribution in [0.3, 0.4) is 0 Å². The van der Waals surface area contributed by atoms with Crippen LogP contribution < -0.4 is 4.74 Å². The van der Waals surface area contributed by atoms with Gasteiger partial charge in [0.1, 0.15) is 10.6 Å². The largest absolute Gasteiger partial charge is 0.492 e. The van der Waals surface area contributed by atoms with Gasteiger partial charge in [0.25, 0.3) is 0 Å². The molecule has 0 N–H and O–H groups in total. The number of hydrogen-bond donors (Lipinski definition) is 0. The van der Waals surface area contributed by atoms with Crippen LogP contribution >= 0.6 is 11.6 Å². The minimum Gasteiger partial charge on any atom is -0.492 e. The highest BCUT2D eigenvalue weighted by Gasteiger charge is 2.21. The third kappa shape index (κ3) is 3.36. The molecule has 6 heteroatoms. The van der Waals surface area contributed by atoms with Gasteiger partial charge in [0.15, 0.2) is 0 Å². The average molecular weight is 293 g/mol. The minimum absolute atomic E-state index is 0.0359. The lowest BCUT2D eigenvalue weighted by atomic mass is 10.1. The van der Waals surface area contributed by atoms with Crippen molar-refractivity contribution in [2.45, 2.75) is 30.6 Å². The van der Waals surface area contributed by atoms with Gasteiger partial charge in [-0.1, -0.05) is 24.4 Å². The van der Waals surface area contributed by atoms with Gasteiger partial charge in [0.2, 0.25) is 0 Å². The zero-order valence-electron chi connectivity index (χ0n) is 9.73. The topological polar surface area (TPSA) is 43.4 Å². The van der Waals surface area contributed by atoms with Crippen molar-refractivity contribution in [3.8, 4) is 5.75 Å². The van der Waals surface area contributed by atoms with Crippen molar-refractivity contribution in [3.63, 3.8) is 0 Å². The first-order valence-corrected chi connectivity index (χ1v) is 7.60. The standard InChI is InChI=1S/C12H14ClFO3S/c13-10-5-6-11(12(7-10)18(14,15)16)17-8-9-3-1-2-4-9/h5-7,9H,1-4,8H2. The Bertz CT molecular complexity index is 524. The quantitative estimate of drug-likeness (QED) is 0.797. The van der Waals surface area contributed by atoms with E-state index in [9.17, 15) is 12.3 Å². The molecule has 1 aliphatic rings. The summed E-state index contributed by atoms with van der Waals surface area (Å²) in [6.07, 6.45) is 4.49. The fraction of sp³-hybridized carbons (Fsp3) is 0.500. The number of halogens is 2. The molecule has 18 heavy (non-hydrogen) atoms. The molecule has 2 rings (SSSR count). The fourth-order valence-corrected chi connectivity index (χ4v) is 3.05. The molecule has 0 radical (unpaired) electrons. The highest BCUT2D eigenvalue weighted by atomic mass is 35.5. The van der Waals surface area contributed by atoms with Crippen molar-refractivity contribution in [2.75, 3.05) is 6.61 Å². The summed E-state index contributed by atoms with van der Waals surface area (Å²) in [5, 5.41) is 0.166. The summed E-state index contributed by atoms with van der Waals surface area (Å²) in [7, 11) is -4.81. The Morgan fingerprint density at radius 1 is 1.33 bits per heavy atom. The second kappa shape index (κ2) is 5.45. The van der Waals surface area contributed by atoms with E-state index >= 15 is 0 Å². The van der Waals surface area contributed by atoms with E-state index in [1.807, 2.05) is 0 Å². The second-order valence-corrected chi connectivity index (χ2v) is 6.24. The van der Waals surface area contributed by atoms with Crippen LogP contribution in [0.15, 0.2) is 23.1 Å². The van der Waals surface area contributed by atoms with Crippen molar-refractivity contribution in [2.24, 2.45) is 5.92 Å².